The fraction of sp³-hybridized carbons (Fsp3) is 0.167. The number of carbonyl (C=O) groups excluding carboxylic acids is 2. The third kappa shape index (κ3) is 4.91. The molecule has 0 spiro atoms. The summed E-state index contributed by atoms with van der Waals surface area (Å²) < 4.78 is 5.02. The molecule has 0 aliphatic carbocycles. The minimum Gasteiger partial charge on any atom is -0.455 e. The largest absolute Gasteiger partial charge is 0.455 e. The third-order valence-corrected chi connectivity index (χ3v) is 5.34. The van der Waals surface area contributed by atoms with Crippen molar-refractivity contribution >= 4 is 51.8 Å². The van der Waals surface area contributed by atoms with Crippen LogP contribution in [0.2, 0.25) is 5.02 Å². The topological polar surface area (TPSA) is 68.3 Å². The zero-order chi connectivity index (χ0) is 18.5. The molecule has 5 nitrogen and oxygen atoms in total. The Hall–Kier alpha value is -2.22. The summed E-state index contributed by atoms with van der Waals surface area (Å²) in [5.41, 5.74) is 3.14. The number of rotatable bonds is 6. The van der Waals surface area contributed by atoms with Gasteiger partial charge < -0.3 is 10.1 Å². The lowest BCUT2D eigenvalue weighted by molar-refractivity contribution is -0.146. The van der Waals surface area contributed by atoms with Crippen LogP contribution < -0.4 is 5.32 Å². The van der Waals surface area contributed by atoms with Crippen LogP contribution in [0.5, 0.6) is 0 Å². The molecule has 1 N–H and O–H groups in total. The average Bonchev–Trinajstić information content (AvgIpc) is 3.27. The van der Waals surface area contributed by atoms with E-state index in [1.165, 1.54) is 11.3 Å². The molecule has 26 heavy (non-hydrogen) atoms. The van der Waals surface area contributed by atoms with E-state index in [0.29, 0.717) is 16.4 Å². The molecule has 8 heteroatoms. The molecule has 3 aromatic rings. The molecule has 0 bridgehead atoms. The van der Waals surface area contributed by atoms with Gasteiger partial charge in [0.1, 0.15) is 5.01 Å². The molecule has 2 aromatic heterocycles. The SMILES string of the molecule is Cc1ccc(NC(=O)COC(=O)Cc2csc(-c3ccsc3)n2)c(Cl)c1. The van der Waals surface area contributed by atoms with Gasteiger partial charge in [0.05, 0.1) is 22.8 Å². The van der Waals surface area contributed by atoms with E-state index in [2.05, 4.69) is 10.3 Å². The van der Waals surface area contributed by atoms with Gasteiger partial charge in [0.2, 0.25) is 0 Å². The van der Waals surface area contributed by atoms with E-state index in [9.17, 15) is 9.59 Å². The number of amides is 1. The number of thiazole rings is 1. The number of esters is 1. The number of aryl methyl sites for hydroxylation is 1. The molecule has 0 saturated carbocycles. The fourth-order valence-corrected chi connectivity index (χ4v) is 3.97. The monoisotopic (exact) mass is 406 g/mol. The molecular weight excluding hydrogens is 392 g/mol. The van der Waals surface area contributed by atoms with E-state index in [1.54, 1.807) is 23.5 Å². The summed E-state index contributed by atoms with van der Waals surface area (Å²) in [6.45, 7) is 1.53. The van der Waals surface area contributed by atoms with Crippen LogP contribution in [0.15, 0.2) is 40.4 Å². The van der Waals surface area contributed by atoms with Crippen molar-refractivity contribution in [3.05, 3.63) is 56.7 Å². The number of nitrogens with zero attached hydrogens (tertiary/aromatic N) is 1. The molecule has 2 heterocycles. The van der Waals surface area contributed by atoms with Gasteiger partial charge in [-0.3, -0.25) is 9.59 Å². The van der Waals surface area contributed by atoms with Crippen molar-refractivity contribution in [2.75, 3.05) is 11.9 Å². The van der Waals surface area contributed by atoms with E-state index in [4.69, 9.17) is 16.3 Å². The van der Waals surface area contributed by atoms with Gasteiger partial charge in [0, 0.05) is 16.3 Å². The molecule has 0 aliphatic rings. The number of hydrogen-bond acceptors (Lipinski definition) is 6. The lowest BCUT2D eigenvalue weighted by Crippen LogP contribution is -2.21. The predicted octanol–water partition coefficient (Wildman–Crippen LogP) is 4.56. The second-order valence-corrected chi connectivity index (χ2v) is 7.57. The lowest BCUT2D eigenvalue weighted by atomic mass is 10.2. The van der Waals surface area contributed by atoms with Crippen molar-refractivity contribution in [3.8, 4) is 10.6 Å². The number of thiophene rings is 1. The summed E-state index contributed by atoms with van der Waals surface area (Å²) in [5.74, 6) is -0.946. The highest BCUT2D eigenvalue weighted by Gasteiger charge is 2.13. The first kappa shape index (κ1) is 18.6. The van der Waals surface area contributed by atoms with Crippen molar-refractivity contribution in [2.45, 2.75) is 13.3 Å². The maximum Gasteiger partial charge on any atom is 0.312 e. The summed E-state index contributed by atoms with van der Waals surface area (Å²) in [7, 11) is 0. The van der Waals surface area contributed by atoms with Crippen LogP contribution in [0, 0.1) is 6.92 Å². The van der Waals surface area contributed by atoms with E-state index < -0.39 is 11.9 Å². The number of halogens is 1. The quantitative estimate of drug-likeness (QED) is 0.609. The maximum atomic E-state index is 11.9. The zero-order valence-electron chi connectivity index (χ0n) is 13.8. The van der Waals surface area contributed by atoms with Gasteiger partial charge in [-0.2, -0.15) is 11.3 Å². The molecule has 0 atom stereocenters. The number of anilines is 1. The Kier molecular flexibility index (Phi) is 6.03. The van der Waals surface area contributed by atoms with Crippen molar-refractivity contribution in [3.63, 3.8) is 0 Å². The van der Waals surface area contributed by atoms with Gasteiger partial charge in [0.25, 0.3) is 5.91 Å². The summed E-state index contributed by atoms with van der Waals surface area (Å²) >= 11 is 9.12. The molecule has 0 unspecified atom stereocenters. The summed E-state index contributed by atoms with van der Waals surface area (Å²) in [5, 5.41) is 9.72. The first-order valence-electron chi connectivity index (χ1n) is 7.70. The minimum atomic E-state index is -0.502. The molecule has 0 aliphatic heterocycles. The van der Waals surface area contributed by atoms with E-state index in [1.807, 2.05) is 35.2 Å². The summed E-state index contributed by atoms with van der Waals surface area (Å²) in [4.78, 5) is 28.2. The molecule has 1 amide bonds. The number of ether oxygens (including phenoxy) is 1. The highest BCUT2D eigenvalue weighted by Crippen LogP contribution is 2.26. The Bertz CT molecular complexity index is 922. The Balaban J connectivity index is 1.48. The fourth-order valence-electron chi connectivity index (χ4n) is 2.16. The second kappa shape index (κ2) is 8.44. The van der Waals surface area contributed by atoms with Crippen molar-refractivity contribution in [1.82, 2.24) is 4.98 Å². The first-order chi connectivity index (χ1) is 12.5. The number of hydrogen-bond donors (Lipinski definition) is 1. The number of carbonyl (C=O) groups is 2. The van der Waals surface area contributed by atoms with Crippen molar-refractivity contribution in [1.29, 1.82) is 0 Å². The average molecular weight is 407 g/mol. The molecule has 1 aromatic carbocycles. The Labute approximate surface area is 163 Å². The Morgan fingerprint density at radius 3 is 2.85 bits per heavy atom. The molecule has 3 rings (SSSR count). The van der Waals surface area contributed by atoms with Gasteiger partial charge in [0.15, 0.2) is 6.61 Å². The van der Waals surface area contributed by atoms with Crippen LogP contribution in [0.4, 0.5) is 5.69 Å². The van der Waals surface area contributed by atoms with Crippen LogP contribution in [0.3, 0.4) is 0 Å². The van der Waals surface area contributed by atoms with Gasteiger partial charge in [-0.1, -0.05) is 17.7 Å². The number of aromatic nitrogens is 1. The normalized spacial score (nSPS) is 10.5. The minimum absolute atomic E-state index is 0.0270. The predicted molar refractivity (Wildman–Crippen MR) is 105 cm³/mol. The van der Waals surface area contributed by atoms with E-state index in [0.717, 1.165) is 16.1 Å². The number of nitrogens with one attached hydrogen (secondary N) is 1. The van der Waals surface area contributed by atoms with E-state index >= 15 is 0 Å². The molecule has 134 valence electrons. The van der Waals surface area contributed by atoms with Crippen LogP contribution in [0.25, 0.3) is 10.6 Å². The third-order valence-electron chi connectivity index (χ3n) is 3.41. The van der Waals surface area contributed by atoms with Crippen LogP contribution in [-0.4, -0.2) is 23.5 Å². The van der Waals surface area contributed by atoms with E-state index in [-0.39, 0.29) is 13.0 Å². The Morgan fingerprint density at radius 1 is 1.27 bits per heavy atom. The second-order valence-electron chi connectivity index (χ2n) is 5.52. The first-order valence-corrected chi connectivity index (χ1v) is 9.90. The molecule has 0 radical (unpaired) electrons. The van der Waals surface area contributed by atoms with Crippen LogP contribution >= 0.6 is 34.3 Å². The Morgan fingerprint density at radius 2 is 2.12 bits per heavy atom. The standard InChI is InChI=1S/C18H15ClN2O3S2/c1-11-2-3-15(14(19)6-11)21-16(22)8-24-17(23)7-13-10-26-18(20-13)12-4-5-25-9-12/h2-6,9-10H,7-8H2,1H3,(H,21,22). The zero-order valence-corrected chi connectivity index (χ0v) is 16.2. The molecule has 0 saturated heterocycles. The summed E-state index contributed by atoms with van der Waals surface area (Å²) in [6.07, 6.45) is 0.0270. The van der Waals surface area contributed by atoms with Gasteiger partial charge >= 0.3 is 5.97 Å². The van der Waals surface area contributed by atoms with Crippen LogP contribution in [-0.2, 0) is 20.7 Å². The highest BCUT2D eigenvalue weighted by atomic mass is 35.5. The van der Waals surface area contributed by atoms with Crippen molar-refractivity contribution in [2.24, 2.45) is 0 Å². The number of benzene rings is 1. The highest BCUT2D eigenvalue weighted by molar-refractivity contribution is 7.14. The smallest absolute Gasteiger partial charge is 0.312 e. The lowest BCUT2D eigenvalue weighted by Gasteiger charge is -2.08. The molecule has 0 fully saturated rings. The van der Waals surface area contributed by atoms with Gasteiger partial charge in [-0.05, 0) is 36.1 Å². The maximum absolute atomic E-state index is 11.9. The summed E-state index contributed by atoms with van der Waals surface area (Å²) in [6, 6.07) is 7.27. The van der Waals surface area contributed by atoms with Crippen LogP contribution in [0.1, 0.15) is 11.3 Å². The van der Waals surface area contributed by atoms with Crippen molar-refractivity contribution < 1.29 is 14.3 Å². The van der Waals surface area contributed by atoms with Gasteiger partial charge in [-0.25, -0.2) is 4.98 Å². The molecular formula is C18H15ClN2O3S2. The van der Waals surface area contributed by atoms with Gasteiger partial charge in [-0.15, -0.1) is 11.3 Å².